The fourth-order valence-electron chi connectivity index (χ4n) is 3.48. The molecule has 4 rings (SSSR count). The number of hydrogen-bond acceptors (Lipinski definition) is 6. The molecule has 2 aromatic heterocycles. The van der Waals surface area contributed by atoms with Gasteiger partial charge in [0.25, 0.3) is 0 Å². The number of carboxylic acids is 1. The number of anilines is 1. The van der Waals surface area contributed by atoms with Gasteiger partial charge in [-0.1, -0.05) is 12.1 Å². The maximum atomic E-state index is 13.2. The van der Waals surface area contributed by atoms with Gasteiger partial charge in [-0.05, 0) is 24.3 Å². The molecule has 3 heterocycles. The standard InChI is InChI=1S/C22H19F3N4O3/c23-22(24,25)17-3-1-2-4-18(17)32-16-7-9-29(10-8-16)19-6-5-14(11-26-19)20-27-12-15(13-28-20)21(30)31/h1-6,11-13,16H,7-10H2,(H,30,31). The third-order valence-corrected chi connectivity index (χ3v) is 5.16. The number of para-hydroxylation sites is 1. The van der Waals surface area contributed by atoms with E-state index in [1.165, 1.54) is 30.6 Å². The second-order valence-corrected chi connectivity index (χ2v) is 7.30. The molecule has 3 aromatic rings. The molecule has 7 nitrogen and oxygen atoms in total. The Labute approximate surface area is 181 Å². The molecule has 0 aliphatic carbocycles. The number of piperidine rings is 1. The molecule has 0 saturated carbocycles. The Bertz CT molecular complexity index is 1080. The maximum absolute atomic E-state index is 13.2. The van der Waals surface area contributed by atoms with E-state index in [0.29, 0.717) is 37.3 Å². The van der Waals surface area contributed by atoms with E-state index >= 15 is 0 Å². The summed E-state index contributed by atoms with van der Waals surface area (Å²) in [7, 11) is 0. The van der Waals surface area contributed by atoms with Crippen LogP contribution < -0.4 is 9.64 Å². The Morgan fingerprint density at radius 2 is 1.69 bits per heavy atom. The number of carbonyl (C=O) groups is 1. The smallest absolute Gasteiger partial charge is 0.419 e. The summed E-state index contributed by atoms with van der Waals surface area (Å²) < 4.78 is 45.2. The quantitative estimate of drug-likeness (QED) is 0.628. The molecular weight excluding hydrogens is 425 g/mol. The number of nitrogens with zero attached hydrogens (tertiary/aromatic N) is 4. The zero-order valence-electron chi connectivity index (χ0n) is 16.8. The lowest BCUT2D eigenvalue weighted by molar-refractivity contribution is -0.139. The molecule has 1 saturated heterocycles. The van der Waals surface area contributed by atoms with Gasteiger partial charge >= 0.3 is 12.1 Å². The summed E-state index contributed by atoms with van der Waals surface area (Å²) in [5, 5.41) is 8.92. The number of hydrogen-bond donors (Lipinski definition) is 1. The largest absolute Gasteiger partial charge is 0.490 e. The molecule has 0 radical (unpaired) electrons. The number of alkyl halides is 3. The summed E-state index contributed by atoms with van der Waals surface area (Å²) in [4.78, 5) is 25.5. The number of pyridine rings is 1. The van der Waals surface area contributed by atoms with E-state index < -0.39 is 17.7 Å². The van der Waals surface area contributed by atoms with Crippen molar-refractivity contribution in [2.24, 2.45) is 0 Å². The van der Waals surface area contributed by atoms with Crippen molar-refractivity contribution in [3.05, 3.63) is 66.1 Å². The third-order valence-electron chi connectivity index (χ3n) is 5.16. The molecule has 1 aliphatic rings. The summed E-state index contributed by atoms with van der Waals surface area (Å²) >= 11 is 0. The Morgan fingerprint density at radius 1 is 1.00 bits per heavy atom. The molecule has 0 unspecified atom stereocenters. The lowest BCUT2D eigenvalue weighted by Gasteiger charge is -2.33. The first-order chi connectivity index (χ1) is 15.3. The molecule has 0 atom stereocenters. The highest BCUT2D eigenvalue weighted by Crippen LogP contribution is 2.37. The first kappa shape index (κ1) is 21.5. The molecule has 1 aromatic carbocycles. The number of rotatable bonds is 5. The van der Waals surface area contributed by atoms with Crippen LogP contribution >= 0.6 is 0 Å². The van der Waals surface area contributed by atoms with Crippen LogP contribution in [-0.4, -0.2) is 45.2 Å². The molecule has 1 aliphatic heterocycles. The van der Waals surface area contributed by atoms with Crippen LogP contribution in [0.2, 0.25) is 0 Å². The molecule has 0 bridgehead atoms. The van der Waals surface area contributed by atoms with E-state index in [1.807, 2.05) is 11.0 Å². The fraction of sp³-hybridized carbons (Fsp3) is 0.273. The highest BCUT2D eigenvalue weighted by Gasteiger charge is 2.35. The van der Waals surface area contributed by atoms with Gasteiger partial charge in [0.05, 0.1) is 11.1 Å². The molecule has 10 heteroatoms. The average Bonchev–Trinajstić information content (AvgIpc) is 2.79. The van der Waals surface area contributed by atoms with Gasteiger partial charge in [0.15, 0.2) is 5.82 Å². The third kappa shape index (κ3) is 4.79. The van der Waals surface area contributed by atoms with E-state index in [4.69, 9.17) is 9.84 Å². The van der Waals surface area contributed by atoms with Crippen molar-refractivity contribution in [3.8, 4) is 17.1 Å². The Kier molecular flexibility index (Phi) is 5.93. The summed E-state index contributed by atoms with van der Waals surface area (Å²) in [5.41, 5.74) is -0.118. The van der Waals surface area contributed by atoms with Crippen LogP contribution in [0.15, 0.2) is 55.0 Å². The molecule has 0 amide bonds. The molecule has 32 heavy (non-hydrogen) atoms. The van der Waals surface area contributed by atoms with Crippen LogP contribution in [0.25, 0.3) is 11.4 Å². The SMILES string of the molecule is O=C(O)c1cnc(-c2ccc(N3CCC(Oc4ccccc4C(F)(F)F)CC3)nc2)nc1. The van der Waals surface area contributed by atoms with Crippen molar-refractivity contribution in [2.75, 3.05) is 18.0 Å². The van der Waals surface area contributed by atoms with Crippen molar-refractivity contribution in [2.45, 2.75) is 25.1 Å². The lowest BCUT2D eigenvalue weighted by atomic mass is 10.1. The van der Waals surface area contributed by atoms with Gasteiger partial charge < -0.3 is 14.7 Å². The van der Waals surface area contributed by atoms with Gasteiger partial charge in [-0.3, -0.25) is 0 Å². The Balaban J connectivity index is 1.37. The summed E-state index contributed by atoms with van der Waals surface area (Å²) in [6, 6.07) is 8.85. The van der Waals surface area contributed by atoms with Crippen LogP contribution in [0, 0.1) is 0 Å². The summed E-state index contributed by atoms with van der Waals surface area (Å²) in [5.74, 6) is -0.149. The van der Waals surface area contributed by atoms with Gasteiger partial charge in [-0.25, -0.2) is 19.7 Å². The van der Waals surface area contributed by atoms with Crippen LogP contribution in [-0.2, 0) is 6.18 Å². The molecule has 1 N–H and O–H groups in total. The summed E-state index contributed by atoms with van der Waals surface area (Å²) in [6.07, 6.45) is 0.439. The van der Waals surface area contributed by atoms with Crippen molar-refractivity contribution in [3.63, 3.8) is 0 Å². The van der Waals surface area contributed by atoms with Gasteiger partial charge in [0.1, 0.15) is 17.7 Å². The van der Waals surface area contributed by atoms with E-state index in [9.17, 15) is 18.0 Å². The topological polar surface area (TPSA) is 88.4 Å². The van der Waals surface area contributed by atoms with E-state index in [-0.39, 0.29) is 17.4 Å². The molecule has 166 valence electrons. The highest BCUT2D eigenvalue weighted by atomic mass is 19.4. The van der Waals surface area contributed by atoms with Crippen LogP contribution in [0.5, 0.6) is 5.75 Å². The first-order valence-corrected chi connectivity index (χ1v) is 9.91. The summed E-state index contributed by atoms with van der Waals surface area (Å²) in [6.45, 7) is 1.18. The van der Waals surface area contributed by atoms with Crippen LogP contribution in [0.4, 0.5) is 19.0 Å². The molecule has 0 spiro atoms. The first-order valence-electron chi connectivity index (χ1n) is 9.91. The predicted molar refractivity (Wildman–Crippen MR) is 110 cm³/mol. The number of ether oxygens (including phenoxy) is 1. The van der Waals surface area contributed by atoms with Crippen molar-refractivity contribution in [1.82, 2.24) is 15.0 Å². The monoisotopic (exact) mass is 444 g/mol. The minimum atomic E-state index is -4.46. The van der Waals surface area contributed by atoms with E-state index in [1.54, 1.807) is 12.3 Å². The minimum absolute atomic E-state index is 0.00118. The van der Waals surface area contributed by atoms with Crippen molar-refractivity contribution in [1.29, 1.82) is 0 Å². The zero-order valence-corrected chi connectivity index (χ0v) is 16.8. The second kappa shape index (κ2) is 8.81. The highest BCUT2D eigenvalue weighted by molar-refractivity contribution is 5.86. The van der Waals surface area contributed by atoms with Crippen molar-refractivity contribution >= 4 is 11.8 Å². The number of carboxylic acid groups (broad SMARTS) is 1. The number of aromatic nitrogens is 3. The van der Waals surface area contributed by atoms with Gasteiger partial charge in [0, 0.05) is 50.1 Å². The Hall–Kier alpha value is -3.69. The van der Waals surface area contributed by atoms with E-state index in [0.717, 1.165) is 11.9 Å². The zero-order chi connectivity index (χ0) is 22.7. The van der Waals surface area contributed by atoms with Crippen LogP contribution in [0.1, 0.15) is 28.8 Å². The number of aromatic carboxylic acids is 1. The minimum Gasteiger partial charge on any atom is -0.490 e. The van der Waals surface area contributed by atoms with Gasteiger partial charge in [0.2, 0.25) is 0 Å². The molecule has 1 fully saturated rings. The van der Waals surface area contributed by atoms with E-state index in [2.05, 4.69) is 15.0 Å². The molecular formula is C22H19F3N4O3. The Morgan fingerprint density at radius 3 is 2.28 bits per heavy atom. The number of benzene rings is 1. The van der Waals surface area contributed by atoms with Crippen molar-refractivity contribution < 1.29 is 27.8 Å². The second-order valence-electron chi connectivity index (χ2n) is 7.30. The normalized spacial score (nSPS) is 14.9. The maximum Gasteiger partial charge on any atom is 0.419 e. The van der Waals surface area contributed by atoms with Crippen LogP contribution in [0.3, 0.4) is 0 Å². The predicted octanol–water partition coefficient (Wildman–Crippen LogP) is 4.30. The average molecular weight is 444 g/mol. The fourth-order valence-corrected chi connectivity index (χ4v) is 3.48. The van der Waals surface area contributed by atoms with Gasteiger partial charge in [-0.15, -0.1) is 0 Å². The van der Waals surface area contributed by atoms with Gasteiger partial charge in [-0.2, -0.15) is 13.2 Å². The number of halogens is 3. The lowest BCUT2D eigenvalue weighted by Crippen LogP contribution is -2.38.